The Labute approximate surface area is 111 Å². The number of hydrogen-bond acceptors (Lipinski definition) is 2. The number of nitrogens with zero attached hydrogens (tertiary/aromatic N) is 2. The number of fused-ring (bicyclic) bond motifs is 1. The van der Waals surface area contributed by atoms with Crippen molar-refractivity contribution in [2.24, 2.45) is 0 Å². The van der Waals surface area contributed by atoms with Crippen LogP contribution < -0.4 is 0 Å². The summed E-state index contributed by atoms with van der Waals surface area (Å²) in [7, 11) is 0. The van der Waals surface area contributed by atoms with Crippen LogP contribution in [0.3, 0.4) is 0 Å². The highest BCUT2D eigenvalue weighted by Gasteiger charge is 2.13. The first-order valence-corrected chi connectivity index (χ1v) is 5.72. The average Bonchev–Trinajstić information content (AvgIpc) is 2.85. The third kappa shape index (κ3) is 1.82. The summed E-state index contributed by atoms with van der Waals surface area (Å²) in [6, 6.07) is 8.11. The second kappa shape index (κ2) is 4.41. The fourth-order valence-corrected chi connectivity index (χ4v) is 2.05. The van der Waals surface area contributed by atoms with Gasteiger partial charge in [-0.2, -0.15) is 0 Å². The van der Waals surface area contributed by atoms with Crippen LogP contribution in [0.5, 0.6) is 0 Å². The maximum atomic E-state index is 13.3. The third-order valence-corrected chi connectivity index (χ3v) is 2.99. The van der Waals surface area contributed by atoms with Gasteiger partial charge in [0, 0.05) is 6.07 Å². The van der Waals surface area contributed by atoms with E-state index in [-0.39, 0.29) is 5.56 Å². The molecule has 20 heavy (non-hydrogen) atoms. The molecule has 1 heterocycles. The predicted molar refractivity (Wildman–Crippen MR) is 67.9 cm³/mol. The molecule has 1 N–H and O–H groups in total. The molecule has 0 amide bonds. The van der Waals surface area contributed by atoms with Crippen molar-refractivity contribution in [2.75, 3.05) is 0 Å². The van der Waals surface area contributed by atoms with Crippen LogP contribution in [-0.2, 0) is 0 Å². The van der Waals surface area contributed by atoms with Crippen LogP contribution in [0.2, 0.25) is 0 Å². The van der Waals surface area contributed by atoms with Crippen molar-refractivity contribution < 1.29 is 18.7 Å². The number of carboxylic acid groups (broad SMARTS) is 1. The van der Waals surface area contributed by atoms with Crippen LogP contribution in [0.25, 0.3) is 16.7 Å². The van der Waals surface area contributed by atoms with Crippen molar-refractivity contribution in [1.29, 1.82) is 0 Å². The number of imidazole rings is 1. The van der Waals surface area contributed by atoms with Crippen LogP contribution in [0.1, 0.15) is 10.4 Å². The van der Waals surface area contributed by atoms with E-state index in [0.29, 0.717) is 16.7 Å². The number of hydrogen-bond donors (Lipinski definition) is 1. The Hall–Kier alpha value is -2.76. The second-order valence-corrected chi connectivity index (χ2v) is 4.19. The van der Waals surface area contributed by atoms with Gasteiger partial charge in [-0.05, 0) is 24.3 Å². The molecule has 0 unspecified atom stereocenters. The van der Waals surface area contributed by atoms with Gasteiger partial charge in [0.15, 0.2) is 11.6 Å². The van der Waals surface area contributed by atoms with E-state index in [4.69, 9.17) is 5.11 Å². The Morgan fingerprint density at radius 2 is 1.95 bits per heavy atom. The lowest BCUT2D eigenvalue weighted by Gasteiger charge is -2.05. The largest absolute Gasteiger partial charge is 0.478 e. The molecule has 0 aliphatic heterocycles. The van der Waals surface area contributed by atoms with E-state index in [1.165, 1.54) is 23.0 Å². The van der Waals surface area contributed by atoms with Crippen LogP contribution in [0.15, 0.2) is 42.7 Å². The van der Waals surface area contributed by atoms with Crippen molar-refractivity contribution in [3.05, 3.63) is 59.9 Å². The summed E-state index contributed by atoms with van der Waals surface area (Å²) in [5.41, 5.74) is 1.23. The molecule has 3 rings (SSSR count). The van der Waals surface area contributed by atoms with Gasteiger partial charge in [0.25, 0.3) is 0 Å². The number of carbonyl (C=O) groups is 1. The van der Waals surface area contributed by atoms with Crippen LogP contribution in [0.4, 0.5) is 8.78 Å². The SMILES string of the molecule is O=C(O)c1cccc2c1ncn2-c1ccc(F)c(F)c1. The van der Waals surface area contributed by atoms with E-state index in [1.54, 1.807) is 12.1 Å². The summed E-state index contributed by atoms with van der Waals surface area (Å²) in [4.78, 5) is 15.1. The number of aromatic nitrogens is 2. The van der Waals surface area contributed by atoms with Gasteiger partial charge in [-0.15, -0.1) is 0 Å². The van der Waals surface area contributed by atoms with E-state index in [1.807, 2.05) is 0 Å². The lowest BCUT2D eigenvalue weighted by atomic mass is 10.2. The molecular weight excluding hydrogens is 266 g/mol. The first kappa shape index (κ1) is 12.3. The van der Waals surface area contributed by atoms with Crippen LogP contribution in [0, 0.1) is 11.6 Å². The van der Waals surface area contributed by atoms with E-state index >= 15 is 0 Å². The van der Waals surface area contributed by atoms with Gasteiger partial charge in [0.2, 0.25) is 0 Å². The highest BCUT2D eigenvalue weighted by atomic mass is 19.2. The number of halogens is 2. The van der Waals surface area contributed by atoms with Gasteiger partial charge in [-0.25, -0.2) is 18.6 Å². The van der Waals surface area contributed by atoms with Crippen molar-refractivity contribution in [3.63, 3.8) is 0 Å². The molecule has 100 valence electrons. The third-order valence-electron chi connectivity index (χ3n) is 2.99. The first-order chi connectivity index (χ1) is 9.58. The van der Waals surface area contributed by atoms with E-state index in [2.05, 4.69) is 4.98 Å². The van der Waals surface area contributed by atoms with Crippen molar-refractivity contribution in [1.82, 2.24) is 9.55 Å². The average molecular weight is 274 g/mol. The Morgan fingerprint density at radius 3 is 2.65 bits per heavy atom. The Morgan fingerprint density at radius 1 is 1.15 bits per heavy atom. The topological polar surface area (TPSA) is 55.1 Å². The van der Waals surface area contributed by atoms with E-state index in [9.17, 15) is 13.6 Å². The normalized spacial score (nSPS) is 10.9. The molecule has 0 bridgehead atoms. The molecule has 0 fully saturated rings. The highest BCUT2D eigenvalue weighted by Crippen LogP contribution is 2.22. The molecule has 0 aliphatic carbocycles. The van der Waals surface area contributed by atoms with Gasteiger partial charge < -0.3 is 5.11 Å². The molecule has 2 aromatic carbocycles. The molecule has 0 spiro atoms. The van der Waals surface area contributed by atoms with Gasteiger partial charge in [-0.1, -0.05) is 6.07 Å². The molecule has 0 atom stereocenters. The second-order valence-electron chi connectivity index (χ2n) is 4.19. The van der Waals surface area contributed by atoms with Gasteiger partial charge in [0.1, 0.15) is 11.8 Å². The quantitative estimate of drug-likeness (QED) is 0.781. The standard InChI is InChI=1S/C14H8F2N2O2/c15-10-5-4-8(6-11(10)16)18-7-17-13-9(14(19)20)2-1-3-12(13)18/h1-7H,(H,19,20). The summed E-state index contributed by atoms with van der Waals surface area (Å²) in [5.74, 6) is -3.01. The maximum Gasteiger partial charge on any atom is 0.337 e. The minimum Gasteiger partial charge on any atom is -0.478 e. The molecule has 6 heteroatoms. The molecule has 3 aromatic rings. The number of aromatic carboxylic acids is 1. The highest BCUT2D eigenvalue weighted by molar-refractivity contribution is 6.01. The van der Waals surface area contributed by atoms with Crippen molar-refractivity contribution >= 4 is 17.0 Å². The molecule has 0 saturated heterocycles. The number of rotatable bonds is 2. The molecule has 1 aromatic heterocycles. The van der Waals surface area contributed by atoms with Gasteiger partial charge in [0.05, 0.1) is 16.8 Å². The minimum atomic E-state index is -1.09. The summed E-state index contributed by atoms with van der Waals surface area (Å²) in [6.07, 6.45) is 1.38. The first-order valence-electron chi connectivity index (χ1n) is 5.72. The summed E-state index contributed by atoms with van der Waals surface area (Å²) in [6.45, 7) is 0. The summed E-state index contributed by atoms with van der Waals surface area (Å²) >= 11 is 0. The molecule has 4 nitrogen and oxygen atoms in total. The zero-order valence-corrected chi connectivity index (χ0v) is 10.0. The monoisotopic (exact) mass is 274 g/mol. The minimum absolute atomic E-state index is 0.0591. The fourth-order valence-electron chi connectivity index (χ4n) is 2.05. The smallest absolute Gasteiger partial charge is 0.337 e. The summed E-state index contributed by atoms with van der Waals surface area (Å²) < 4.78 is 27.7. The van der Waals surface area contributed by atoms with Crippen molar-refractivity contribution in [2.45, 2.75) is 0 Å². The summed E-state index contributed by atoms with van der Waals surface area (Å²) in [5, 5.41) is 9.08. The van der Waals surface area contributed by atoms with Crippen molar-refractivity contribution in [3.8, 4) is 5.69 Å². The molecule has 0 radical (unpaired) electrons. The zero-order valence-electron chi connectivity index (χ0n) is 10.0. The zero-order chi connectivity index (χ0) is 14.3. The lowest BCUT2D eigenvalue weighted by molar-refractivity contribution is 0.0699. The van der Waals surface area contributed by atoms with E-state index in [0.717, 1.165) is 12.1 Å². The Balaban J connectivity index is 2.25. The Bertz CT molecular complexity index is 827. The number of carboxylic acids is 1. The molecular formula is C14H8F2N2O2. The number of para-hydroxylation sites is 1. The van der Waals surface area contributed by atoms with Gasteiger partial charge in [-0.3, -0.25) is 4.57 Å². The molecule has 0 saturated carbocycles. The maximum absolute atomic E-state index is 13.3. The molecule has 0 aliphatic rings. The van der Waals surface area contributed by atoms with Gasteiger partial charge >= 0.3 is 5.97 Å². The fraction of sp³-hybridized carbons (Fsp3) is 0. The predicted octanol–water partition coefficient (Wildman–Crippen LogP) is 3.00. The number of benzene rings is 2. The lowest BCUT2D eigenvalue weighted by Crippen LogP contribution is -1.98. The Kier molecular flexibility index (Phi) is 2.71. The van der Waals surface area contributed by atoms with Crippen LogP contribution >= 0.6 is 0 Å². The van der Waals surface area contributed by atoms with E-state index < -0.39 is 17.6 Å². The van der Waals surface area contributed by atoms with Crippen LogP contribution in [-0.4, -0.2) is 20.6 Å².